The molecule has 0 bridgehead atoms. The summed E-state index contributed by atoms with van der Waals surface area (Å²) in [6.45, 7) is 9.20. The number of likely N-dealkylation sites (tertiary alicyclic amines) is 3. The minimum Gasteiger partial charge on any atom is -0.341 e. The van der Waals surface area contributed by atoms with Crippen molar-refractivity contribution >= 4 is 23.4 Å². The first-order valence-electron chi connectivity index (χ1n) is 14.8. The lowest BCUT2D eigenvalue weighted by molar-refractivity contribution is -0.148. The summed E-state index contributed by atoms with van der Waals surface area (Å²) in [6.07, 6.45) is 2.52. The highest BCUT2D eigenvalue weighted by atomic mass is 35.5. The Balaban J connectivity index is 1.07. The van der Waals surface area contributed by atoms with Gasteiger partial charge in [-0.15, -0.1) is 0 Å². The van der Waals surface area contributed by atoms with E-state index in [1.54, 1.807) is 0 Å². The molecule has 1 aromatic carbocycles. The number of carbonyl (C=O) groups excluding carboxylic acids is 2. The number of halogens is 3. The third kappa shape index (κ3) is 5.59. The molecular formula is C31H38ClF2N5O2. The van der Waals surface area contributed by atoms with Crippen molar-refractivity contribution in [1.29, 1.82) is 0 Å². The minimum atomic E-state index is -2.64. The Morgan fingerprint density at radius 1 is 0.976 bits per heavy atom. The van der Waals surface area contributed by atoms with E-state index < -0.39 is 5.92 Å². The Morgan fingerprint density at radius 2 is 1.61 bits per heavy atom. The number of aromatic nitrogens is 2. The largest absolute Gasteiger partial charge is 0.341 e. The molecule has 3 aliphatic heterocycles. The summed E-state index contributed by atoms with van der Waals surface area (Å²) in [6, 6.07) is 7.92. The maximum absolute atomic E-state index is 13.7. The fourth-order valence-electron chi connectivity index (χ4n) is 7.56. The van der Waals surface area contributed by atoms with E-state index in [4.69, 9.17) is 11.6 Å². The van der Waals surface area contributed by atoms with Crippen molar-refractivity contribution in [3.8, 4) is 0 Å². The van der Waals surface area contributed by atoms with Crippen molar-refractivity contribution in [3.63, 3.8) is 0 Å². The van der Waals surface area contributed by atoms with Crippen LogP contribution in [0, 0.1) is 31.6 Å². The third-order valence-electron chi connectivity index (χ3n) is 10.00. The molecule has 1 aromatic heterocycles. The molecular weight excluding hydrogens is 548 g/mol. The number of benzene rings is 1. The highest BCUT2D eigenvalue weighted by Crippen LogP contribution is 2.43. The number of nitrogens with zero attached hydrogens (tertiary/aromatic N) is 5. The zero-order chi connectivity index (χ0) is 28.9. The Kier molecular flexibility index (Phi) is 7.55. The molecule has 1 aliphatic carbocycles. The SMILES string of the molecule is Cc1ncnc(C)c1C(=O)N1CC2CN(CCC3(c4cccc(Cl)c4)CN(C(=O)C4CCC(F)(F)CC4)C3)CC2C1. The van der Waals surface area contributed by atoms with Gasteiger partial charge >= 0.3 is 0 Å². The number of hydrogen-bond donors (Lipinski definition) is 0. The van der Waals surface area contributed by atoms with E-state index >= 15 is 0 Å². The van der Waals surface area contributed by atoms with Crippen molar-refractivity contribution in [2.24, 2.45) is 17.8 Å². The van der Waals surface area contributed by atoms with Gasteiger partial charge in [0.05, 0.1) is 17.0 Å². The number of amides is 2. The Morgan fingerprint density at radius 3 is 2.22 bits per heavy atom. The molecule has 2 amide bonds. The van der Waals surface area contributed by atoms with E-state index in [0.717, 1.165) is 56.1 Å². The van der Waals surface area contributed by atoms with Crippen molar-refractivity contribution in [2.45, 2.75) is 57.3 Å². The fourth-order valence-corrected chi connectivity index (χ4v) is 7.75. The summed E-state index contributed by atoms with van der Waals surface area (Å²) >= 11 is 6.37. The van der Waals surface area contributed by atoms with Gasteiger partial charge in [-0.05, 0) is 69.2 Å². The summed E-state index contributed by atoms with van der Waals surface area (Å²) < 4.78 is 27.3. The third-order valence-corrected chi connectivity index (χ3v) is 10.2. The Bertz CT molecular complexity index is 1290. The van der Waals surface area contributed by atoms with Gasteiger partial charge in [-0.2, -0.15) is 0 Å². The lowest BCUT2D eigenvalue weighted by Crippen LogP contribution is -2.63. The molecule has 6 rings (SSSR count). The lowest BCUT2D eigenvalue weighted by atomic mass is 9.70. The van der Waals surface area contributed by atoms with Crippen LogP contribution in [0.25, 0.3) is 0 Å². The van der Waals surface area contributed by atoms with E-state index in [0.29, 0.717) is 35.5 Å². The lowest BCUT2D eigenvalue weighted by Gasteiger charge is -2.52. The monoisotopic (exact) mass is 585 g/mol. The average Bonchev–Trinajstić information content (AvgIpc) is 3.47. The van der Waals surface area contributed by atoms with Crippen LogP contribution in [0.15, 0.2) is 30.6 Å². The van der Waals surface area contributed by atoms with Gasteiger partial charge in [0.2, 0.25) is 11.8 Å². The summed E-state index contributed by atoms with van der Waals surface area (Å²) in [7, 11) is 0. The molecule has 7 nitrogen and oxygen atoms in total. The first-order valence-corrected chi connectivity index (χ1v) is 15.1. The van der Waals surface area contributed by atoms with Crippen LogP contribution in [0.4, 0.5) is 8.78 Å². The van der Waals surface area contributed by atoms with Crippen LogP contribution in [-0.4, -0.2) is 88.2 Å². The maximum atomic E-state index is 13.7. The molecule has 3 saturated heterocycles. The molecule has 1 saturated carbocycles. The van der Waals surface area contributed by atoms with E-state index in [1.165, 1.54) is 6.33 Å². The second-order valence-electron chi connectivity index (χ2n) is 12.8. The van der Waals surface area contributed by atoms with Crippen LogP contribution >= 0.6 is 11.6 Å². The maximum Gasteiger partial charge on any atom is 0.257 e. The van der Waals surface area contributed by atoms with Crippen LogP contribution in [0.2, 0.25) is 5.02 Å². The molecule has 10 heteroatoms. The Hall–Kier alpha value is -2.65. The topological polar surface area (TPSA) is 69.6 Å². The first-order chi connectivity index (χ1) is 19.5. The van der Waals surface area contributed by atoms with Crippen molar-refractivity contribution in [2.75, 3.05) is 45.8 Å². The highest BCUT2D eigenvalue weighted by molar-refractivity contribution is 6.30. The molecule has 220 valence electrons. The molecule has 2 unspecified atom stereocenters. The Labute approximate surface area is 245 Å². The van der Waals surface area contributed by atoms with Crippen LogP contribution in [0.3, 0.4) is 0 Å². The van der Waals surface area contributed by atoms with Gasteiger partial charge in [-0.25, -0.2) is 18.7 Å². The van der Waals surface area contributed by atoms with Gasteiger partial charge in [0, 0.05) is 68.5 Å². The molecule has 0 spiro atoms. The van der Waals surface area contributed by atoms with Crippen molar-refractivity contribution < 1.29 is 18.4 Å². The highest BCUT2D eigenvalue weighted by Gasteiger charge is 2.50. The molecule has 41 heavy (non-hydrogen) atoms. The number of alkyl halides is 2. The van der Waals surface area contributed by atoms with Crippen molar-refractivity contribution in [3.05, 3.63) is 58.1 Å². The molecule has 0 radical (unpaired) electrons. The summed E-state index contributed by atoms with van der Waals surface area (Å²) in [5.41, 5.74) is 3.01. The van der Waals surface area contributed by atoms with Crippen LogP contribution < -0.4 is 0 Å². The van der Waals surface area contributed by atoms with Gasteiger partial charge in [0.1, 0.15) is 6.33 Å². The fraction of sp³-hybridized carbons (Fsp3) is 0.613. The van der Waals surface area contributed by atoms with E-state index in [-0.39, 0.29) is 48.8 Å². The van der Waals surface area contributed by atoms with Crippen LogP contribution in [0.5, 0.6) is 0 Å². The molecule has 2 atom stereocenters. The first kappa shape index (κ1) is 28.5. The van der Waals surface area contributed by atoms with E-state index in [1.807, 2.05) is 41.8 Å². The molecule has 2 aromatic rings. The molecule has 0 N–H and O–H groups in total. The number of carbonyl (C=O) groups is 2. The zero-order valence-corrected chi connectivity index (χ0v) is 24.5. The number of rotatable bonds is 6. The predicted molar refractivity (Wildman–Crippen MR) is 152 cm³/mol. The minimum absolute atomic E-state index is 0.0212. The van der Waals surface area contributed by atoms with Gasteiger partial charge in [-0.3, -0.25) is 9.59 Å². The molecule has 4 aliphatic rings. The van der Waals surface area contributed by atoms with Gasteiger partial charge < -0.3 is 14.7 Å². The second-order valence-corrected chi connectivity index (χ2v) is 13.2. The second kappa shape index (κ2) is 10.9. The quantitative estimate of drug-likeness (QED) is 0.490. The van der Waals surface area contributed by atoms with Gasteiger partial charge in [0.25, 0.3) is 5.91 Å². The standard InChI is InChI=1S/C31H38ClF2N5O2/c1-20-27(21(2)36-19-35-20)29(41)38-15-23-13-37(14-24(23)16-38)11-10-30(25-4-3-5-26(32)12-25)17-39(18-30)28(40)22-6-8-31(33,34)9-7-22/h3-5,12,19,22-24H,6-11,13-18H2,1-2H3. The van der Waals surface area contributed by atoms with Gasteiger partial charge in [0.15, 0.2) is 0 Å². The van der Waals surface area contributed by atoms with Crippen LogP contribution in [-0.2, 0) is 10.2 Å². The average molecular weight is 586 g/mol. The molecule has 4 heterocycles. The molecule has 4 fully saturated rings. The number of hydrogen-bond acceptors (Lipinski definition) is 5. The predicted octanol–water partition coefficient (Wildman–Crippen LogP) is 4.75. The normalized spacial score (nSPS) is 25.7. The number of fused-ring (bicyclic) bond motifs is 1. The van der Waals surface area contributed by atoms with E-state index in [2.05, 4.69) is 20.9 Å². The van der Waals surface area contributed by atoms with E-state index in [9.17, 15) is 18.4 Å². The number of aryl methyl sites for hydroxylation is 2. The summed E-state index contributed by atoms with van der Waals surface area (Å²) in [5.74, 6) is -2.01. The zero-order valence-electron chi connectivity index (χ0n) is 23.8. The summed E-state index contributed by atoms with van der Waals surface area (Å²) in [5, 5.41) is 0.677. The van der Waals surface area contributed by atoms with Crippen molar-refractivity contribution in [1.82, 2.24) is 24.7 Å². The van der Waals surface area contributed by atoms with Gasteiger partial charge in [-0.1, -0.05) is 23.7 Å². The van der Waals surface area contributed by atoms with Crippen LogP contribution in [0.1, 0.15) is 59.4 Å². The smallest absolute Gasteiger partial charge is 0.257 e. The summed E-state index contributed by atoms with van der Waals surface area (Å²) in [4.78, 5) is 41.3.